The molecule has 1 fully saturated rings. The minimum atomic E-state index is 0.287. The minimum absolute atomic E-state index is 0.287. The molecule has 0 spiro atoms. The second-order valence-electron chi connectivity index (χ2n) is 11.5. The molecule has 0 radical (unpaired) electrons. The lowest BCUT2D eigenvalue weighted by molar-refractivity contribution is 0.148. The Morgan fingerprint density at radius 1 is 0.976 bits per heavy atom. The Bertz CT molecular complexity index is 1770. The molecule has 7 rings (SSSR count). The molecule has 0 saturated carbocycles. The molecule has 42 heavy (non-hydrogen) atoms. The fourth-order valence-corrected chi connectivity index (χ4v) is 6.27. The zero-order valence-corrected chi connectivity index (χ0v) is 24.3. The Balaban J connectivity index is 1.16. The van der Waals surface area contributed by atoms with E-state index in [1.807, 2.05) is 4.52 Å². The molecule has 0 aromatic carbocycles. The van der Waals surface area contributed by atoms with Crippen LogP contribution in [0, 0.1) is 13.8 Å². The quantitative estimate of drug-likeness (QED) is 0.250. The van der Waals surface area contributed by atoms with Crippen LogP contribution in [-0.4, -0.2) is 79.4 Å². The third-order valence-corrected chi connectivity index (χ3v) is 8.60. The van der Waals surface area contributed by atoms with Gasteiger partial charge < -0.3 is 9.88 Å². The largest absolute Gasteiger partial charge is 0.356 e. The number of anilines is 1. The Kier molecular flexibility index (Phi) is 6.65. The number of hydrogen-bond acceptors (Lipinski definition) is 9. The number of hydrogen-bond donors (Lipinski definition) is 3. The van der Waals surface area contributed by atoms with Crippen LogP contribution in [0.2, 0.25) is 0 Å². The summed E-state index contributed by atoms with van der Waals surface area (Å²) < 4.78 is 1.87. The number of rotatable bonds is 8. The van der Waals surface area contributed by atoms with Gasteiger partial charge in [-0.15, -0.1) is 0 Å². The van der Waals surface area contributed by atoms with Crippen LogP contribution in [0.3, 0.4) is 0 Å². The minimum Gasteiger partial charge on any atom is -0.356 e. The smallest absolute Gasteiger partial charge is 0.158 e. The standard InChI is InChI=1S/C29H35N13/c1-17(2)26-27(23-15-42-29(30-16-33-42)19(4)18(23)3)34-24-5-6-25(35-28(24)26)40-9-7-22(8-10-40)41(13-20-11-31-38-36-20)14-21-12-32-39-37-21/h5-6,11-12,15-17,22,34H,7-10,13-14H2,1-4H3,(H,31,36,38)(H,32,37,39). The lowest BCUT2D eigenvalue weighted by Crippen LogP contribution is -2.44. The zero-order valence-electron chi connectivity index (χ0n) is 24.3. The maximum absolute atomic E-state index is 5.26. The highest BCUT2D eigenvalue weighted by molar-refractivity contribution is 5.90. The van der Waals surface area contributed by atoms with Gasteiger partial charge in [-0.2, -0.15) is 35.9 Å². The third-order valence-electron chi connectivity index (χ3n) is 8.60. The molecule has 0 unspecified atom stereocenters. The highest BCUT2D eigenvalue weighted by Gasteiger charge is 2.28. The summed E-state index contributed by atoms with van der Waals surface area (Å²) in [5.41, 5.74) is 10.6. The number of piperidine rings is 1. The Morgan fingerprint density at radius 3 is 2.33 bits per heavy atom. The summed E-state index contributed by atoms with van der Waals surface area (Å²) in [5, 5.41) is 26.4. The highest BCUT2D eigenvalue weighted by atomic mass is 15.4. The predicted octanol–water partition coefficient (Wildman–Crippen LogP) is 3.92. The van der Waals surface area contributed by atoms with E-state index >= 15 is 0 Å². The number of aryl methyl sites for hydroxylation is 1. The number of fused-ring (bicyclic) bond motifs is 2. The molecule has 1 aliphatic heterocycles. The van der Waals surface area contributed by atoms with Crippen LogP contribution in [0.5, 0.6) is 0 Å². The van der Waals surface area contributed by atoms with Gasteiger partial charge in [-0.3, -0.25) is 4.90 Å². The first-order chi connectivity index (χ1) is 20.5. The zero-order chi connectivity index (χ0) is 28.8. The fourth-order valence-electron chi connectivity index (χ4n) is 6.27. The normalized spacial score (nSPS) is 14.8. The summed E-state index contributed by atoms with van der Waals surface area (Å²) >= 11 is 0. The van der Waals surface area contributed by atoms with Crippen molar-refractivity contribution in [3.05, 3.63) is 65.1 Å². The number of aromatic nitrogens is 11. The van der Waals surface area contributed by atoms with E-state index in [9.17, 15) is 0 Å². The summed E-state index contributed by atoms with van der Waals surface area (Å²) in [4.78, 5) is 18.2. The van der Waals surface area contributed by atoms with Crippen LogP contribution in [0.25, 0.3) is 27.9 Å². The van der Waals surface area contributed by atoms with Crippen molar-refractivity contribution in [3.63, 3.8) is 0 Å². The van der Waals surface area contributed by atoms with Gasteiger partial charge in [0.15, 0.2) is 5.65 Å². The molecule has 3 N–H and O–H groups in total. The van der Waals surface area contributed by atoms with Crippen molar-refractivity contribution in [2.24, 2.45) is 0 Å². The van der Waals surface area contributed by atoms with Gasteiger partial charge in [0.25, 0.3) is 0 Å². The van der Waals surface area contributed by atoms with Gasteiger partial charge in [0.1, 0.15) is 12.1 Å². The number of aromatic amines is 3. The summed E-state index contributed by atoms with van der Waals surface area (Å²) in [6.07, 6.45) is 9.29. The first-order valence-electron chi connectivity index (χ1n) is 14.5. The Hall–Kier alpha value is -4.65. The molecule has 216 valence electrons. The SMILES string of the molecule is Cc1c(-c2[nH]c3ccc(N4CCC(N(Cc5cn[nH]n5)Cc5cn[nH]n5)CC4)nc3c2C(C)C)cn2ncnc2c1C. The van der Waals surface area contributed by atoms with E-state index in [2.05, 4.69) is 102 Å². The molecule has 1 saturated heterocycles. The number of H-pyrrole nitrogens is 3. The van der Waals surface area contributed by atoms with Crippen LogP contribution in [-0.2, 0) is 13.1 Å². The first-order valence-corrected chi connectivity index (χ1v) is 14.5. The van der Waals surface area contributed by atoms with Gasteiger partial charge in [-0.25, -0.2) is 14.5 Å². The van der Waals surface area contributed by atoms with E-state index < -0.39 is 0 Å². The molecule has 1 aliphatic rings. The summed E-state index contributed by atoms with van der Waals surface area (Å²) in [6, 6.07) is 4.71. The maximum atomic E-state index is 5.26. The van der Waals surface area contributed by atoms with E-state index in [-0.39, 0.29) is 5.92 Å². The van der Waals surface area contributed by atoms with Gasteiger partial charge >= 0.3 is 0 Å². The summed E-state index contributed by atoms with van der Waals surface area (Å²) in [6.45, 7) is 12.0. The average molecular weight is 566 g/mol. The van der Waals surface area contributed by atoms with Crippen LogP contribution in [0.4, 0.5) is 5.82 Å². The summed E-state index contributed by atoms with van der Waals surface area (Å²) in [5.74, 6) is 1.31. The van der Waals surface area contributed by atoms with E-state index in [0.717, 1.165) is 76.6 Å². The van der Waals surface area contributed by atoms with Crippen molar-refractivity contribution in [3.8, 4) is 11.3 Å². The topological polar surface area (TPSA) is 148 Å². The molecular formula is C29H35N13. The third kappa shape index (κ3) is 4.69. The molecule has 6 aromatic heterocycles. The Morgan fingerprint density at radius 2 is 1.69 bits per heavy atom. The molecule has 13 heteroatoms. The molecular weight excluding hydrogens is 530 g/mol. The molecule has 0 atom stereocenters. The van der Waals surface area contributed by atoms with E-state index in [0.29, 0.717) is 19.1 Å². The van der Waals surface area contributed by atoms with Gasteiger partial charge in [0.05, 0.1) is 40.5 Å². The molecule has 6 aromatic rings. The van der Waals surface area contributed by atoms with E-state index in [4.69, 9.17) is 4.98 Å². The van der Waals surface area contributed by atoms with Gasteiger partial charge in [0, 0.05) is 49.5 Å². The number of nitrogens with one attached hydrogen (secondary N) is 3. The van der Waals surface area contributed by atoms with Crippen molar-refractivity contribution in [2.75, 3.05) is 18.0 Å². The van der Waals surface area contributed by atoms with Gasteiger partial charge in [0.2, 0.25) is 0 Å². The molecule has 0 amide bonds. The summed E-state index contributed by atoms with van der Waals surface area (Å²) in [7, 11) is 0. The second-order valence-corrected chi connectivity index (χ2v) is 11.5. The number of nitrogens with zero attached hydrogens (tertiary/aromatic N) is 10. The van der Waals surface area contributed by atoms with Crippen LogP contribution in [0.1, 0.15) is 60.7 Å². The molecule has 0 aliphatic carbocycles. The van der Waals surface area contributed by atoms with Gasteiger partial charge in [-0.05, 0) is 55.9 Å². The van der Waals surface area contributed by atoms with Crippen molar-refractivity contribution >= 4 is 22.5 Å². The monoisotopic (exact) mass is 565 g/mol. The molecule has 0 bridgehead atoms. The van der Waals surface area contributed by atoms with Crippen molar-refractivity contribution in [1.29, 1.82) is 0 Å². The van der Waals surface area contributed by atoms with Crippen molar-refractivity contribution < 1.29 is 0 Å². The Labute approximate surface area is 242 Å². The van der Waals surface area contributed by atoms with Crippen molar-refractivity contribution in [1.82, 2.24) is 60.3 Å². The maximum Gasteiger partial charge on any atom is 0.158 e. The van der Waals surface area contributed by atoms with Crippen LogP contribution < -0.4 is 4.90 Å². The van der Waals surface area contributed by atoms with Crippen molar-refractivity contribution in [2.45, 2.75) is 65.6 Å². The first kappa shape index (κ1) is 26.3. The number of pyridine rings is 2. The average Bonchev–Trinajstić information content (AvgIpc) is 3.81. The lowest BCUT2D eigenvalue weighted by atomic mass is 9.95. The van der Waals surface area contributed by atoms with Crippen LogP contribution in [0.15, 0.2) is 37.1 Å². The van der Waals surface area contributed by atoms with Gasteiger partial charge in [-0.1, -0.05) is 13.8 Å². The van der Waals surface area contributed by atoms with Crippen LogP contribution >= 0.6 is 0 Å². The molecule has 7 heterocycles. The fraction of sp³-hybridized carbons (Fsp3) is 0.414. The predicted molar refractivity (Wildman–Crippen MR) is 159 cm³/mol. The van der Waals surface area contributed by atoms with E-state index in [1.54, 1.807) is 18.7 Å². The second kappa shape index (κ2) is 10.6. The lowest BCUT2D eigenvalue weighted by Gasteiger charge is -2.38. The van der Waals surface area contributed by atoms with E-state index in [1.165, 1.54) is 11.1 Å². The highest BCUT2D eigenvalue weighted by Crippen LogP contribution is 2.38. The molecule has 13 nitrogen and oxygen atoms in total.